The Morgan fingerprint density at radius 3 is 2.77 bits per heavy atom. The highest BCUT2D eigenvalue weighted by Crippen LogP contribution is 2.30. The summed E-state index contributed by atoms with van der Waals surface area (Å²) in [7, 11) is 0. The molecule has 1 aromatic heterocycles. The summed E-state index contributed by atoms with van der Waals surface area (Å²) in [6, 6.07) is 11.8. The van der Waals surface area contributed by atoms with Crippen LogP contribution in [0.2, 0.25) is 5.02 Å². The zero-order chi connectivity index (χ0) is 21.3. The van der Waals surface area contributed by atoms with Crippen LogP contribution in [0.25, 0.3) is 10.6 Å². The minimum absolute atomic E-state index is 0.0654. The van der Waals surface area contributed by atoms with Gasteiger partial charge in [-0.1, -0.05) is 23.7 Å². The maximum Gasteiger partial charge on any atom is 0.350 e. The van der Waals surface area contributed by atoms with E-state index in [1.165, 1.54) is 17.4 Å². The van der Waals surface area contributed by atoms with E-state index in [2.05, 4.69) is 10.3 Å². The summed E-state index contributed by atoms with van der Waals surface area (Å²) in [6.07, 6.45) is 0. The van der Waals surface area contributed by atoms with Gasteiger partial charge in [-0.25, -0.2) is 9.78 Å². The van der Waals surface area contributed by atoms with Crippen LogP contribution in [0.3, 0.4) is 0 Å². The highest BCUT2D eigenvalue weighted by molar-refractivity contribution is 7.17. The summed E-state index contributed by atoms with van der Waals surface area (Å²) < 4.78 is 10.5. The van der Waals surface area contributed by atoms with E-state index in [1.807, 2.05) is 12.1 Å². The number of benzene rings is 2. The third-order valence-corrected chi connectivity index (χ3v) is 5.78. The fraction of sp³-hybridized carbons (Fsp3) is 0.143. The number of esters is 1. The Kier molecular flexibility index (Phi) is 5.52. The molecule has 0 saturated carbocycles. The van der Waals surface area contributed by atoms with Gasteiger partial charge in [-0.05, 0) is 37.3 Å². The van der Waals surface area contributed by atoms with Gasteiger partial charge in [0.15, 0.2) is 19.0 Å². The number of nitrogens with one attached hydrogen (secondary N) is 1. The van der Waals surface area contributed by atoms with Crippen molar-refractivity contribution < 1.29 is 23.9 Å². The van der Waals surface area contributed by atoms with Crippen LogP contribution in [0.5, 0.6) is 5.75 Å². The zero-order valence-electron chi connectivity index (χ0n) is 15.7. The summed E-state index contributed by atoms with van der Waals surface area (Å²) in [5, 5.41) is 3.91. The lowest BCUT2D eigenvalue weighted by Gasteiger charge is -2.18. The van der Waals surface area contributed by atoms with Crippen LogP contribution >= 0.6 is 22.9 Å². The normalized spacial score (nSPS) is 12.5. The second kappa shape index (κ2) is 8.25. The van der Waals surface area contributed by atoms with Crippen LogP contribution in [-0.4, -0.2) is 35.9 Å². The molecular weight excluding hydrogens is 428 g/mol. The number of thiazole rings is 1. The number of nitrogens with zero attached hydrogens (tertiary/aromatic N) is 1. The molecule has 1 N–H and O–H groups in total. The van der Waals surface area contributed by atoms with Crippen molar-refractivity contribution in [3.05, 3.63) is 63.6 Å². The van der Waals surface area contributed by atoms with Crippen molar-refractivity contribution >= 4 is 46.3 Å². The molecule has 2 heterocycles. The molecule has 0 unspecified atom stereocenters. The van der Waals surface area contributed by atoms with Gasteiger partial charge < -0.3 is 14.8 Å². The number of rotatable bonds is 5. The Labute approximate surface area is 180 Å². The Morgan fingerprint density at radius 2 is 2.00 bits per heavy atom. The van der Waals surface area contributed by atoms with Crippen LogP contribution < -0.4 is 10.1 Å². The molecule has 9 heteroatoms. The number of Topliss-reactive ketones (excluding diaryl/α,β-unsaturated/α-hetero) is 1. The molecule has 0 radical (unpaired) electrons. The topological polar surface area (TPSA) is 94.6 Å². The number of hydrogen-bond donors (Lipinski definition) is 1. The number of hydrogen-bond acceptors (Lipinski definition) is 7. The number of carbonyl (C=O) groups excluding carboxylic acids is 3. The maximum atomic E-state index is 12.5. The first-order chi connectivity index (χ1) is 14.4. The van der Waals surface area contributed by atoms with E-state index in [4.69, 9.17) is 21.1 Å². The van der Waals surface area contributed by atoms with Gasteiger partial charge in [0.25, 0.3) is 5.91 Å². The van der Waals surface area contributed by atoms with Crippen LogP contribution in [0.4, 0.5) is 5.69 Å². The molecule has 1 aliphatic rings. The first-order valence-electron chi connectivity index (χ1n) is 8.91. The fourth-order valence-corrected chi connectivity index (χ4v) is 3.93. The second-order valence-electron chi connectivity index (χ2n) is 6.49. The third-order valence-electron chi connectivity index (χ3n) is 4.34. The molecule has 30 heavy (non-hydrogen) atoms. The number of halogens is 1. The number of anilines is 1. The lowest BCUT2D eigenvalue weighted by Crippen LogP contribution is -2.25. The molecule has 0 fully saturated rings. The van der Waals surface area contributed by atoms with Crippen LogP contribution in [0.1, 0.15) is 25.7 Å². The first-order valence-corrected chi connectivity index (χ1v) is 10.1. The van der Waals surface area contributed by atoms with Crippen molar-refractivity contribution in [1.82, 2.24) is 4.98 Å². The van der Waals surface area contributed by atoms with E-state index in [9.17, 15) is 14.4 Å². The molecule has 152 valence electrons. The van der Waals surface area contributed by atoms with Crippen LogP contribution in [0.15, 0.2) is 42.5 Å². The molecular formula is C21H15ClN2O5S. The molecule has 4 rings (SSSR count). The Balaban J connectivity index is 1.43. The van der Waals surface area contributed by atoms with E-state index >= 15 is 0 Å². The number of fused-ring (bicyclic) bond motifs is 1. The fourth-order valence-electron chi connectivity index (χ4n) is 2.84. The van der Waals surface area contributed by atoms with Gasteiger partial charge in [-0.2, -0.15) is 0 Å². The summed E-state index contributed by atoms with van der Waals surface area (Å²) in [5.41, 5.74) is 2.07. The highest BCUT2D eigenvalue weighted by atomic mass is 35.5. The maximum absolute atomic E-state index is 12.5. The monoisotopic (exact) mass is 442 g/mol. The third kappa shape index (κ3) is 4.19. The van der Waals surface area contributed by atoms with Crippen molar-refractivity contribution in [3.63, 3.8) is 0 Å². The van der Waals surface area contributed by atoms with Crippen molar-refractivity contribution in [2.24, 2.45) is 0 Å². The van der Waals surface area contributed by atoms with Crippen molar-refractivity contribution in [2.75, 3.05) is 18.5 Å². The molecule has 1 amide bonds. The quantitative estimate of drug-likeness (QED) is 0.471. The molecule has 0 saturated heterocycles. The van der Waals surface area contributed by atoms with Crippen molar-refractivity contribution in [3.8, 4) is 16.3 Å². The lowest BCUT2D eigenvalue weighted by molar-refractivity contribution is -0.118. The number of ether oxygens (including phenoxy) is 2. The zero-order valence-corrected chi connectivity index (χ0v) is 17.3. The van der Waals surface area contributed by atoms with E-state index in [-0.39, 0.29) is 12.5 Å². The van der Waals surface area contributed by atoms with E-state index < -0.39 is 18.4 Å². The Hall–Kier alpha value is -3.23. The molecule has 3 aromatic rings. The number of ketones is 1. The molecule has 2 aromatic carbocycles. The molecule has 0 bridgehead atoms. The first kappa shape index (κ1) is 20.1. The summed E-state index contributed by atoms with van der Waals surface area (Å²) in [5.74, 6) is -0.826. The number of aromatic nitrogens is 1. The van der Waals surface area contributed by atoms with Gasteiger partial charge in [0, 0.05) is 16.1 Å². The summed E-state index contributed by atoms with van der Waals surface area (Å²) >= 11 is 7.09. The van der Waals surface area contributed by atoms with Gasteiger partial charge in [-0.3, -0.25) is 9.59 Å². The minimum atomic E-state index is -0.617. The lowest BCUT2D eigenvalue weighted by atomic mass is 10.1. The minimum Gasteiger partial charge on any atom is -0.482 e. The molecule has 0 aliphatic carbocycles. The predicted octanol–water partition coefficient (Wildman–Crippen LogP) is 4.14. The van der Waals surface area contributed by atoms with Crippen LogP contribution in [-0.2, 0) is 9.53 Å². The SMILES string of the molecule is Cc1nc(-c2ccc(Cl)cc2)sc1C(=O)OCC(=O)c1ccc2c(c1)NC(=O)CO2. The van der Waals surface area contributed by atoms with Gasteiger partial charge in [0.2, 0.25) is 0 Å². The smallest absolute Gasteiger partial charge is 0.350 e. The van der Waals surface area contributed by atoms with E-state index in [1.54, 1.807) is 31.2 Å². The van der Waals surface area contributed by atoms with Gasteiger partial charge in [-0.15, -0.1) is 11.3 Å². The molecule has 1 aliphatic heterocycles. The number of aryl methyl sites for hydroxylation is 1. The summed E-state index contributed by atoms with van der Waals surface area (Å²) in [4.78, 5) is 41.1. The summed E-state index contributed by atoms with van der Waals surface area (Å²) in [6.45, 7) is 1.21. The molecule has 0 atom stereocenters. The van der Waals surface area contributed by atoms with Gasteiger partial charge in [0.05, 0.1) is 11.4 Å². The van der Waals surface area contributed by atoms with Crippen molar-refractivity contribution in [2.45, 2.75) is 6.92 Å². The average Bonchev–Trinajstić information content (AvgIpc) is 3.13. The molecule has 7 nitrogen and oxygen atoms in total. The second-order valence-corrected chi connectivity index (χ2v) is 7.92. The standard InChI is InChI=1S/C21H15ClN2O5S/c1-11-19(30-20(23-11)12-2-5-14(22)6-3-12)21(27)29-9-16(25)13-4-7-17-15(8-13)24-18(26)10-28-17/h2-8H,9-10H2,1H3,(H,24,26). The van der Waals surface area contributed by atoms with E-state index in [0.717, 1.165) is 5.56 Å². The van der Waals surface area contributed by atoms with E-state index in [0.29, 0.717) is 37.6 Å². The predicted molar refractivity (Wildman–Crippen MR) is 112 cm³/mol. The van der Waals surface area contributed by atoms with Crippen LogP contribution in [0, 0.1) is 6.92 Å². The van der Waals surface area contributed by atoms with Gasteiger partial charge in [0.1, 0.15) is 15.6 Å². The van der Waals surface area contributed by atoms with Gasteiger partial charge >= 0.3 is 5.97 Å². The highest BCUT2D eigenvalue weighted by Gasteiger charge is 2.21. The average molecular weight is 443 g/mol. The number of amides is 1. The number of carbonyl (C=O) groups is 3. The Morgan fingerprint density at radius 1 is 1.23 bits per heavy atom. The Bertz CT molecular complexity index is 1160. The molecule has 0 spiro atoms. The largest absolute Gasteiger partial charge is 0.482 e. The van der Waals surface area contributed by atoms with Crippen molar-refractivity contribution in [1.29, 1.82) is 0 Å².